The minimum Gasteiger partial charge on any atom is -0.493 e. The average Bonchev–Trinajstić information content (AvgIpc) is 2.98. The minimum atomic E-state index is -0.832. The van der Waals surface area contributed by atoms with Crippen LogP contribution in [-0.4, -0.2) is 46.7 Å². The summed E-state index contributed by atoms with van der Waals surface area (Å²) < 4.78 is 12.6. The summed E-state index contributed by atoms with van der Waals surface area (Å²) in [6.45, 7) is 0.00193. The van der Waals surface area contributed by atoms with E-state index in [-0.39, 0.29) is 6.61 Å². The van der Waals surface area contributed by atoms with Crippen LogP contribution in [0.4, 0.5) is 0 Å². The lowest BCUT2D eigenvalue weighted by Gasteiger charge is -2.13. The van der Waals surface area contributed by atoms with Crippen molar-refractivity contribution in [2.75, 3.05) is 20.8 Å². The first-order valence-electron chi connectivity index (χ1n) is 8.10. The largest absolute Gasteiger partial charge is 0.493 e. The summed E-state index contributed by atoms with van der Waals surface area (Å²) in [4.78, 5) is 4.69. The van der Waals surface area contributed by atoms with Gasteiger partial charge in [-0.25, -0.2) is 4.98 Å². The Hall–Kier alpha value is -2.57. The van der Waals surface area contributed by atoms with Gasteiger partial charge < -0.3 is 24.3 Å². The quantitative estimate of drug-likeness (QED) is 0.687. The fourth-order valence-electron chi connectivity index (χ4n) is 2.91. The highest BCUT2D eigenvalue weighted by molar-refractivity contribution is 5.76. The van der Waals surface area contributed by atoms with Gasteiger partial charge in [0, 0.05) is 6.42 Å². The van der Waals surface area contributed by atoms with Crippen LogP contribution >= 0.6 is 0 Å². The molecule has 2 aromatic carbocycles. The first-order valence-corrected chi connectivity index (χ1v) is 8.10. The van der Waals surface area contributed by atoms with Gasteiger partial charge in [0.15, 0.2) is 11.5 Å². The summed E-state index contributed by atoms with van der Waals surface area (Å²) in [5, 5.41) is 19.1. The van der Waals surface area contributed by atoms with Crippen LogP contribution < -0.4 is 9.47 Å². The van der Waals surface area contributed by atoms with Crippen LogP contribution in [-0.2, 0) is 13.0 Å². The Morgan fingerprint density at radius 1 is 1.08 bits per heavy atom. The molecule has 0 fully saturated rings. The van der Waals surface area contributed by atoms with Crippen LogP contribution in [0.15, 0.2) is 42.5 Å². The van der Waals surface area contributed by atoms with E-state index in [9.17, 15) is 10.2 Å². The van der Waals surface area contributed by atoms with Gasteiger partial charge in [-0.2, -0.15) is 0 Å². The molecule has 1 unspecified atom stereocenters. The number of nitrogens with zero attached hydrogens (tertiary/aromatic N) is 2. The number of ether oxygens (including phenoxy) is 2. The van der Waals surface area contributed by atoms with Crippen molar-refractivity contribution >= 4 is 11.0 Å². The Morgan fingerprint density at radius 3 is 2.56 bits per heavy atom. The summed E-state index contributed by atoms with van der Waals surface area (Å²) in [7, 11) is 3.21. The van der Waals surface area contributed by atoms with E-state index in [0.717, 1.165) is 22.4 Å². The predicted octanol–water partition coefficient (Wildman–Crippen LogP) is 2.00. The van der Waals surface area contributed by atoms with E-state index in [2.05, 4.69) is 0 Å². The molecule has 0 aliphatic carbocycles. The number of imidazole rings is 1. The van der Waals surface area contributed by atoms with Crippen LogP contribution in [0, 0.1) is 0 Å². The first-order chi connectivity index (χ1) is 12.2. The third-order valence-corrected chi connectivity index (χ3v) is 4.15. The molecule has 0 spiro atoms. The molecule has 1 atom stereocenters. The SMILES string of the molecule is COc1ccc(Cc2nc3ccccc3n2CC(O)CO)cc1OC. The van der Waals surface area contributed by atoms with E-state index in [1.807, 2.05) is 47.0 Å². The van der Waals surface area contributed by atoms with E-state index in [1.165, 1.54) is 0 Å². The third-order valence-electron chi connectivity index (χ3n) is 4.15. The standard InChI is InChI=1S/C19H22N2O4/c1-24-17-8-7-13(9-18(17)25-2)10-19-20-15-5-3-4-6-16(15)21(19)11-14(23)12-22/h3-9,14,22-23H,10-12H2,1-2H3. The molecule has 1 heterocycles. The van der Waals surface area contributed by atoms with Gasteiger partial charge in [-0.15, -0.1) is 0 Å². The topological polar surface area (TPSA) is 76.7 Å². The van der Waals surface area contributed by atoms with E-state index in [4.69, 9.17) is 14.5 Å². The summed E-state index contributed by atoms with van der Waals surface area (Å²) >= 11 is 0. The Balaban J connectivity index is 1.99. The number of fused-ring (bicyclic) bond motifs is 1. The van der Waals surface area contributed by atoms with Crippen molar-refractivity contribution in [1.29, 1.82) is 0 Å². The Kier molecular flexibility index (Phi) is 5.21. The maximum absolute atomic E-state index is 9.90. The normalized spacial score (nSPS) is 12.3. The van der Waals surface area contributed by atoms with Crippen molar-refractivity contribution in [3.8, 4) is 11.5 Å². The highest BCUT2D eigenvalue weighted by atomic mass is 16.5. The monoisotopic (exact) mass is 342 g/mol. The fraction of sp³-hybridized carbons (Fsp3) is 0.316. The Labute approximate surface area is 146 Å². The van der Waals surface area contributed by atoms with Gasteiger partial charge in [0.2, 0.25) is 0 Å². The van der Waals surface area contributed by atoms with Gasteiger partial charge in [-0.05, 0) is 29.8 Å². The summed E-state index contributed by atoms with van der Waals surface area (Å²) in [5.41, 5.74) is 2.82. The zero-order valence-corrected chi connectivity index (χ0v) is 14.3. The lowest BCUT2D eigenvalue weighted by Crippen LogP contribution is -2.21. The number of aliphatic hydroxyl groups excluding tert-OH is 2. The second kappa shape index (κ2) is 7.55. The average molecular weight is 342 g/mol. The lowest BCUT2D eigenvalue weighted by molar-refractivity contribution is 0.0815. The van der Waals surface area contributed by atoms with Gasteiger partial charge in [0.25, 0.3) is 0 Å². The number of aliphatic hydroxyl groups is 2. The minimum absolute atomic E-state index is 0.289. The van der Waals surface area contributed by atoms with Crippen molar-refractivity contribution in [1.82, 2.24) is 9.55 Å². The van der Waals surface area contributed by atoms with Gasteiger partial charge in [0.05, 0.1) is 44.5 Å². The molecule has 3 rings (SSSR count). The molecular formula is C19H22N2O4. The molecule has 0 aliphatic heterocycles. The lowest BCUT2D eigenvalue weighted by atomic mass is 10.1. The van der Waals surface area contributed by atoms with Crippen LogP contribution in [0.3, 0.4) is 0 Å². The van der Waals surface area contributed by atoms with Crippen molar-refractivity contribution in [3.05, 3.63) is 53.9 Å². The second-order valence-electron chi connectivity index (χ2n) is 5.83. The number of aromatic nitrogens is 2. The molecule has 132 valence electrons. The van der Waals surface area contributed by atoms with E-state index >= 15 is 0 Å². The highest BCUT2D eigenvalue weighted by Gasteiger charge is 2.15. The highest BCUT2D eigenvalue weighted by Crippen LogP contribution is 2.29. The molecule has 1 aromatic heterocycles. The van der Waals surface area contributed by atoms with Crippen LogP contribution in [0.25, 0.3) is 11.0 Å². The third kappa shape index (κ3) is 3.60. The number of para-hydroxylation sites is 2. The number of benzene rings is 2. The Bertz CT molecular complexity index is 860. The summed E-state index contributed by atoms with van der Waals surface area (Å²) in [6.07, 6.45) is -0.255. The molecule has 0 saturated heterocycles. The molecule has 0 amide bonds. The maximum Gasteiger partial charge on any atom is 0.161 e. The maximum atomic E-state index is 9.90. The summed E-state index contributed by atoms with van der Waals surface area (Å²) in [6, 6.07) is 13.5. The van der Waals surface area contributed by atoms with Gasteiger partial charge in [-0.3, -0.25) is 0 Å². The zero-order valence-electron chi connectivity index (χ0n) is 14.3. The molecular weight excluding hydrogens is 320 g/mol. The van der Waals surface area contributed by atoms with Crippen molar-refractivity contribution < 1.29 is 19.7 Å². The molecule has 2 N–H and O–H groups in total. The van der Waals surface area contributed by atoms with Gasteiger partial charge in [-0.1, -0.05) is 18.2 Å². The molecule has 0 radical (unpaired) electrons. The molecule has 0 saturated carbocycles. The van der Waals surface area contributed by atoms with Crippen LogP contribution in [0.5, 0.6) is 11.5 Å². The second-order valence-corrected chi connectivity index (χ2v) is 5.83. The number of methoxy groups -OCH3 is 2. The molecule has 0 bridgehead atoms. The summed E-state index contributed by atoms with van der Waals surface area (Å²) in [5.74, 6) is 2.16. The van der Waals surface area contributed by atoms with E-state index in [0.29, 0.717) is 24.5 Å². The predicted molar refractivity (Wildman–Crippen MR) is 95.2 cm³/mol. The van der Waals surface area contributed by atoms with Gasteiger partial charge in [0.1, 0.15) is 5.82 Å². The number of hydrogen-bond donors (Lipinski definition) is 2. The van der Waals surface area contributed by atoms with Crippen molar-refractivity contribution in [2.45, 2.75) is 19.1 Å². The zero-order chi connectivity index (χ0) is 17.8. The fourth-order valence-corrected chi connectivity index (χ4v) is 2.91. The molecule has 6 nitrogen and oxygen atoms in total. The molecule has 25 heavy (non-hydrogen) atoms. The van der Waals surface area contributed by atoms with Crippen LogP contribution in [0.1, 0.15) is 11.4 Å². The van der Waals surface area contributed by atoms with Crippen LogP contribution in [0.2, 0.25) is 0 Å². The van der Waals surface area contributed by atoms with Crippen molar-refractivity contribution in [2.24, 2.45) is 0 Å². The number of hydrogen-bond acceptors (Lipinski definition) is 5. The smallest absolute Gasteiger partial charge is 0.161 e. The van der Waals surface area contributed by atoms with E-state index < -0.39 is 6.10 Å². The van der Waals surface area contributed by atoms with Crippen molar-refractivity contribution in [3.63, 3.8) is 0 Å². The molecule has 3 aromatic rings. The number of rotatable bonds is 7. The van der Waals surface area contributed by atoms with Gasteiger partial charge >= 0.3 is 0 Å². The molecule has 6 heteroatoms. The van der Waals surface area contributed by atoms with E-state index in [1.54, 1.807) is 14.2 Å². The first kappa shape index (κ1) is 17.3. The Morgan fingerprint density at radius 2 is 1.84 bits per heavy atom. The molecule has 0 aliphatic rings.